The van der Waals surface area contributed by atoms with E-state index < -0.39 is 0 Å². The maximum atomic E-state index is 11.5. The molecular formula is C12H22O3. The highest BCUT2D eigenvalue weighted by Crippen LogP contribution is 2.17. The number of rotatable bonds is 8. The molecule has 1 fully saturated rings. The van der Waals surface area contributed by atoms with Gasteiger partial charge in [-0.2, -0.15) is 0 Å². The van der Waals surface area contributed by atoms with Crippen molar-refractivity contribution < 1.29 is 14.3 Å². The highest BCUT2D eigenvalue weighted by Gasteiger charge is 2.16. The van der Waals surface area contributed by atoms with Gasteiger partial charge in [0.25, 0.3) is 0 Å². The molecule has 0 aromatic heterocycles. The molecule has 0 radical (unpaired) electrons. The van der Waals surface area contributed by atoms with Gasteiger partial charge in [-0.15, -0.1) is 0 Å². The van der Waals surface area contributed by atoms with Crippen molar-refractivity contribution in [3.05, 3.63) is 0 Å². The Morgan fingerprint density at radius 1 is 1.47 bits per heavy atom. The summed E-state index contributed by atoms with van der Waals surface area (Å²) >= 11 is 0. The van der Waals surface area contributed by atoms with Crippen molar-refractivity contribution in [1.29, 1.82) is 0 Å². The molecule has 1 aliphatic heterocycles. The second kappa shape index (κ2) is 7.83. The molecule has 0 aromatic carbocycles. The minimum Gasteiger partial charge on any atom is -0.382 e. The van der Waals surface area contributed by atoms with Gasteiger partial charge >= 0.3 is 0 Å². The first-order chi connectivity index (χ1) is 7.33. The highest BCUT2D eigenvalue weighted by atomic mass is 16.5. The third-order valence-corrected chi connectivity index (χ3v) is 2.72. The fraction of sp³-hybridized carbons (Fsp3) is 0.917. The molecule has 1 unspecified atom stereocenters. The van der Waals surface area contributed by atoms with E-state index in [1.54, 1.807) is 0 Å². The van der Waals surface area contributed by atoms with E-state index in [2.05, 4.69) is 0 Å². The van der Waals surface area contributed by atoms with Gasteiger partial charge in [0.2, 0.25) is 0 Å². The molecule has 0 spiro atoms. The summed E-state index contributed by atoms with van der Waals surface area (Å²) in [5.74, 6) is 0.352. The number of hydrogen-bond acceptors (Lipinski definition) is 3. The minimum atomic E-state index is 0.348. The van der Waals surface area contributed by atoms with Crippen molar-refractivity contribution in [2.75, 3.05) is 19.8 Å². The molecule has 88 valence electrons. The van der Waals surface area contributed by atoms with Crippen LogP contribution in [0.5, 0.6) is 0 Å². The van der Waals surface area contributed by atoms with Gasteiger partial charge in [-0.05, 0) is 32.6 Å². The van der Waals surface area contributed by atoms with Crippen LogP contribution in [-0.4, -0.2) is 31.7 Å². The lowest BCUT2D eigenvalue weighted by molar-refractivity contribution is -0.120. The van der Waals surface area contributed by atoms with Gasteiger partial charge in [-0.3, -0.25) is 4.79 Å². The summed E-state index contributed by atoms with van der Waals surface area (Å²) in [4.78, 5) is 11.5. The van der Waals surface area contributed by atoms with Crippen molar-refractivity contribution in [3.63, 3.8) is 0 Å². The minimum absolute atomic E-state index is 0.348. The highest BCUT2D eigenvalue weighted by molar-refractivity contribution is 5.78. The topological polar surface area (TPSA) is 35.5 Å². The maximum Gasteiger partial charge on any atom is 0.133 e. The predicted molar refractivity (Wildman–Crippen MR) is 58.9 cm³/mol. The van der Waals surface area contributed by atoms with Gasteiger partial charge in [-0.1, -0.05) is 0 Å². The lowest BCUT2D eigenvalue weighted by atomic mass is 10.1. The molecule has 0 aliphatic carbocycles. The number of hydrogen-bond donors (Lipinski definition) is 0. The average molecular weight is 214 g/mol. The Labute approximate surface area is 92.1 Å². The van der Waals surface area contributed by atoms with E-state index in [0.717, 1.165) is 38.9 Å². The Morgan fingerprint density at radius 2 is 2.33 bits per heavy atom. The number of ketones is 1. The van der Waals surface area contributed by atoms with Crippen molar-refractivity contribution in [2.24, 2.45) is 0 Å². The monoisotopic (exact) mass is 214 g/mol. The lowest BCUT2D eigenvalue weighted by Crippen LogP contribution is -2.09. The molecule has 3 nitrogen and oxygen atoms in total. The molecule has 15 heavy (non-hydrogen) atoms. The summed E-state index contributed by atoms with van der Waals surface area (Å²) in [5, 5.41) is 0. The van der Waals surface area contributed by atoms with Crippen molar-refractivity contribution in [2.45, 2.75) is 51.6 Å². The average Bonchev–Trinajstić information content (AvgIpc) is 2.74. The molecular weight excluding hydrogens is 192 g/mol. The first-order valence-electron chi connectivity index (χ1n) is 6.04. The maximum absolute atomic E-state index is 11.5. The van der Waals surface area contributed by atoms with E-state index in [4.69, 9.17) is 9.47 Å². The molecule has 1 heterocycles. The van der Waals surface area contributed by atoms with Crippen LogP contribution in [0.2, 0.25) is 0 Å². The zero-order chi connectivity index (χ0) is 10.9. The molecule has 1 aliphatic rings. The van der Waals surface area contributed by atoms with E-state index in [1.165, 1.54) is 0 Å². The predicted octanol–water partition coefficient (Wildman–Crippen LogP) is 2.33. The number of carbonyl (C=O) groups is 1. The van der Waals surface area contributed by atoms with Gasteiger partial charge in [0.15, 0.2) is 0 Å². The summed E-state index contributed by atoms with van der Waals surface area (Å²) in [5.41, 5.74) is 0. The fourth-order valence-corrected chi connectivity index (χ4v) is 1.83. The Morgan fingerprint density at radius 3 is 3.00 bits per heavy atom. The van der Waals surface area contributed by atoms with E-state index in [9.17, 15) is 4.79 Å². The van der Waals surface area contributed by atoms with Gasteiger partial charge in [0.05, 0.1) is 6.10 Å². The van der Waals surface area contributed by atoms with Crippen LogP contribution < -0.4 is 0 Å². The first kappa shape index (κ1) is 12.7. The fourth-order valence-electron chi connectivity index (χ4n) is 1.83. The summed E-state index contributed by atoms with van der Waals surface area (Å²) in [7, 11) is 0. The Kier molecular flexibility index (Phi) is 6.60. The molecule has 0 saturated carbocycles. The molecule has 1 saturated heterocycles. The summed E-state index contributed by atoms with van der Waals surface area (Å²) in [6.45, 7) is 4.30. The van der Waals surface area contributed by atoms with Crippen molar-refractivity contribution in [3.8, 4) is 0 Å². The molecule has 1 rings (SSSR count). The molecule has 0 N–H and O–H groups in total. The van der Waals surface area contributed by atoms with E-state index in [0.29, 0.717) is 31.3 Å². The standard InChI is InChI=1S/C12H22O3/c1-2-14-9-3-5-11(13)7-8-12-6-4-10-15-12/h12H,2-10H2,1H3. The summed E-state index contributed by atoms with van der Waals surface area (Å²) in [6, 6.07) is 0. The van der Waals surface area contributed by atoms with Gasteiger partial charge in [-0.25, -0.2) is 0 Å². The van der Waals surface area contributed by atoms with Gasteiger partial charge < -0.3 is 9.47 Å². The number of ether oxygens (including phenoxy) is 2. The normalized spacial score (nSPS) is 20.7. The van der Waals surface area contributed by atoms with Gasteiger partial charge in [0, 0.05) is 32.7 Å². The Balaban J connectivity index is 1.93. The zero-order valence-corrected chi connectivity index (χ0v) is 9.67. The van der Waals surface area contributed by atoms with Crippen LogP contribution in [0.3, 0.4) is 0 Å². The van der Waals surface area contributed by atoms with Crippen LogP contribution in [0.25, 0.3) is 0 Å². The van der Waals surface area contributed by atoms with Crippen LogP contribution in [-0.2, 0) is 14.3 Å². The lowest BCUT2D eigenvalue weighted by Gasteiger charge is -2.07. The smallest absolute Gasteiger partial charge is 0.133 e. The molecule has 3 heteroatoms. The van der Waals surface area contributed by atoms with Crippen LogP contribution in [0.4, 0.5) is 0 Å². The van der Waals surface area contributed by atoms with E-state index in [-0.39, 0.29) is 0 Å². The Hall–Kier alpha value is -0.410. The summed E-state index contributed by atoms with van der Waals surface area (Å²) in [6.07, 6.45) is 5.74. The Bertz CT molecular complexity index is 174. The quantitative estimate of drug-likeness (QED) is 0.582. The molecule has 1 atom stereocenters. The van der Waals surface area contributed by atoms with Crippen molar-refractivity contribution in [1.82, 2.24) is 0 Å². The third kappa shape index (κ3) is 5.90. The number of Topliss-reactive ketones (excluding diaryl/α,β-unsaturated/α-hetero) is 1. The van der Waals surface area contributed by atoms with Crippen molar-refractivity contribution >= 4 is 5.78 Å². The second-order valence-corrected chi connectivity index (χ2v) is 4.01. The third-order valence-electron chi connectivity index (χ3n) is 2.72. The molecule has 0 aromatic rings. The second-order valence-electron chi connectivity index (χ2n) is 4.01. The van der Waals surface area contributed by atoms with Crippen LogP contribution >= 0.6 is 0 Å². The summed E-state index contributed by atoms with van der Waals surface area (Å²) < 4.78 is 10.7. The number of carbonyl (C=O) groups excluding carboxylic acids is 1. The van der Waals surface area contributed by atoms with E-state index in [1.807, 2.05) is 6.92 Å². The SMILES string of the molecule is CCOCCCC(=O)CCC1CCCO1. The van der Waals surface area contributed by atoms with E-state index >= 15 is 0 Å². The van der Waals surface area contributed by atoms with Crippen LogP contribution in [0.15, 0.2) is 0 Å². The van der Waals surface area contributed by atoms with Crippen LogP contribution in [0.1, 0.15) is 45.4 Å². The van der Waals surface area contributed by atoms with Gasteiger partial charge in [0.1, 0.15) is 5.78 Å². The first-order valence-corrected chi connectivity index (χ1v) is 6.04. The molecule has 0 amide bonds. The zero-order valence-electron chi connectivity index (χ0n) is 9.67. The molecule has 0 bridgehead atoms. The largest absolute Gasteiger partial charge is 0.382 e. The van der Waals surface area contributed by atoms with Crippen LogP contribution in [0, 0.1) is 0 Å².